The number of rotatable bonds is 3. The van der Waals surface area contributed by atoms with Crippen LogP contribution in [0.1, 0.15) is 12.8 Å². The normalized spacial score (nSPS) is 15.1. The lowest BCUT2D eigenvalue weighted by atomic mass is 10.1. The van der Waals surface area contributed by atoms with Crippen LogP contribution < -0.4 is 4.90 Å². The molecule has 30 heavy (non-hydrogen) atoms. The number of hydrogen-bond acceptors (Lipinski definition) is 5. The van der Waals surface area contributed by atoms with E-state index in [0.29, 0.717) is 39.9 Å². The molecule has 0 unspecified atom stereocenters. The van der Waals surface area contributed by atoms with Crippen LogP contribution in [0.15, 0.2) is 54.9 Å². The molecule has 8 heteroatoms. The van der Waals surface area contributed by atoms with Crippen LogP contribution in [-0.4, -0.2) is 43.8 Å². The van der Waals surface area contributed by atoms with Gasteiger partial charge in [0.1, 0.15) is 12.2 Å². The minimum Gasteiger partial charge on any atom is -0.393 e. The molecule has 0 saturated carbocycles. The van der Waals surface area contributed by atoms with Crippen molar-refractivity contribution >= 4 is 40.2 Å². The fourth-order valence-electron chi connectivity index (χ4n) is 3.85. The fourth-order valence-corrected chi connectivity index (χ4v) is 4.19. The van der Waals surface area contributed by atoms with Crippen LogP contribution in [0, 0.1) is 0 Å². The van der Waals surface area contributed by atoms with Gasteiger partial charge in [-0.1, -0.05) is 35.3 Å². The van der Waals surface area contributed by atoms with E-state index in [1.807, 2.05) is 53.1 Å². The van der Waals surface area contributed by atoms with Crippen molar-refractivity contribution in [3.8, 4) is 17.1 Å². The van der Waals surface area contributed by atoms with E-state index in [-0.39, 0.29) is 6.10 Å². The summed E-state index contributed by atoms with van der Waals surface area (Å²) in [7, 11) is 0. The van der Waals surface area contributed by atoms with Crippen LogP contribution in [0.5, 0.6) is 0 Å². The molecule has 0 spiro atoms. The third-order valence-corrected chi connectivity index (χ3v) is 5.97. The van der Waals surface area contributed by atoms with Crippen molar-refractivity contribution in [2.75, 3.05) is 18.0 Å². The first kappa shape index (κ1) is 19.3. The summed E-state index contributed by atoms with van der Waals surface area (Å²) < 4.78 is 1.98. The largest absolute Gasteiger partial charge is 0.393 e. The molecule has 2 aromatic carbocycles. The van der Waals surface area contributed by atoms with Crippen LogP contribution in [0.2, 0.25) is 10.0 Å². The average molecular weight is 440 g/mol. The van der Waals surface area contributed by atoms with E-state index in [1.54, 1.807) is 6.33 Å². The molecule has 1 saturated heterocycles. The molecular weight excluding hydrogens is 421 g/mol. The molecule has 1 aliphatic heterocycles. The Morgan fingerprint density at radius 2 is 1.67 bits per heavy atom. The molecule has 0 aliphatic carbocycles. The highest BCUT2D eigenvalue weighted by Crippen LogP contribution is 2.35. The smallest absolute Gasteiger partial charge is 0.170 e. The number of fused-ring (bicyclic) bond motifs is 1. The van der Waals surface area contributed by atoms with Crippen molar-refractivity contribution in [1.82, 2.24) is 19.5 Å². The molecule has 1 fully saturated rings. The Labute approximate surface area is 183 Å². The Bertz CT molecular complexity index is 1200. The van der Waals surface area contributed by atoms with E-state index in [4.69, 9.17) is 28.2 Å². The zero-order chi connectivity index (χ0) is 20.7. The monoisotopic (exact) mass is 439 g/mol. The minimum atomic E-state index is -0.260. The average Bonchev–Trinajstić information content (AvgIpc) is 3.15. The Kier molecular flexibility index (Phi) is 5.06. The van der Waals surface area contributed by atoms with Gasteiger partial charge in [0.2, 0.25) is 0 Å². The molecule has 0 bridgehead atoms. The van der Waals surface area contributed by atoms with E-state index < -0.39 is 0 Å². The molecule has 0 radical (unpaired) electrons. The summed E-state index contributed by atoms with van der Waals surface area (Å²) in [5.74, 6) is 1.46. The summed E-state index contributed by atoms with van der Waals surface area (Å²) in [6.45, 7) is 1.45. The van der Waals surface area contributed by atoms with Gasteiger partial charge in [0.05, 0.1) is 11.1 Å². The number of aromatic nitrogens is 4. The highest BCUT2D eigenvalue weighted by atomic mass is 35.5. The van der Waals surface area contributed by atoms with E-state index in [0.717, 1.165) is 30.2 Å². The third kappa shape index (κ3) is 3.41. The number of imidazole rings is 1. The lowest BCUT2D eigenvalue weighted by molar-refractivity contribution is 0.145. The van der Waals surface area contributed by atoms with Gasteiger partial charge in [-0.25, -0.2) is 15.0 Å². The van der Waals surface area contributed by atoms with Crippen molar-refractivity contribution < 1.29 is 5.11 Å². The number of piperidine rings is 1. The van der Waals surface area contributed by atoms with Crippen LogP contribution in [-0.2, 0) is 0 Å². The van der Waals surface area contributed by atoms with Crippen molar-refractivity contribution in [2.24, 2.45) is 0 Å². The van der Waals surface area contributed by atoms with Gasteiger partial charge in [0, 0.05) is 29.4 Å². The highest BCUT2D eigenvalue weighted by Gasteiger charge is 2.25. The molecule has 1 aliphatic rings. The topological polar surface area (TPSA) is 67.1 Å². The van der Waals surface area contributed by atoms with Gasteiger partial charge in [-0.05, 0) is 49.2 Å². The van der Waals surface area contributed by atoms with Crippen molar-refractivity contribution in [2.45, 2.75) is 18.9 Å². The second-order valence-corrected chi connectivity index (χ2v) is 8.16. The number of halogens is 2. The van der Waals surface area contributed by atoms with Crippen LogP contribution >= 0.6 is 23.2 Å². The van der Waals surface area contributed by atoms with Gasteiger partial charge < -0.3 is 10.0 Å². The third-order valence-electron chi connectivity index (χ3n) is 5.39. The lowest BCUT2D eigenvalue weighted by Crippen LogP contribution is -2.36. The van der Waals surface area contributed by atoms with Gasteiger partial charge in [0.15, 0.2) is 17.0 Å². The number of aliphatic hydroxyl groups excluding tert-OH is 1. The van der Waals surface area contributed by atoms with E-state index >= 15 is 0 Å². The van der Waals surface area contributed by atoms with Crippen LogP contribution in [0.4, 0.5) is 5.82 Å². The Balaban J connectivity index is 1.75. The minimum absolute atomic E-state index is 0.260. The zero-order valence-corrected chi connectivity index (χ0v) is 17.6. The number of nitrogens with zero attached hydrogens (tertiary/aromatic N) is 5. The van der Waals surface area contributed by atoms with Gasteiger partial charge in [0.25, 0.3) is 0 Å². The maximum Gasteiger partial charge on any atom is 0.170 e. The predicted molar refractivity (Wildman–Crippen MR) is 120 cm³/mol. The number of hydrogen-bond donors (Lipinski definition) is 1. The molecule has 0 atom stereocenters. The standard InChI is InChI=1S/C22H19Cl2N5O/c23-14-5-7-15(8-6-14)29-20(17-3-1-2-4-18(17)24)27-19-21(25-13-26-22(19)29)28-11-9-16(30)10-12-28/h1-8,13,16,30H,9-12H2. The lowest BCUT2D eigenvalue weighted by Gasteiger charge is -2.30. The zero-order valence-electron chi connectivity index (χ0n) is 16.0. The summed E-state index contributed by atoms with van der Waals surface area (Å²) >= 11 is 12.6. The van der Waals surface area contributed by atoms with Crippen LogP contribution in [0.25, 0.3) is 28.2 Å². The maximum absolute atomic E-state index is 9.88. The van der Waals surface area contributed by atoms with Gasteiger partial charge in [-0.2, -0.15) is 0 Å². The molecule has 4 aromatic rings. The molecule has 3 heterocycles. The van der Waals surface area contributed by atoms with Crippen LogP contribution in [0.3, 0.4) is 0 Å². The molecular formula is C22H19Cl2N5O. The Morgan fingerprint density at radius 3 is 2.40 bits per heavy atom. The first-order valence-electron chi connectivity index (χ1n) is 9.79. The highest BCUT2D eigenvalue weighted by molar-refractivity contribution is 6.33. The number of anilines is 1. The molecule has 6 nitrogen and oxygen atoms in total. The first-order chi connectivity index (χ1) is 14.6. The van der Waals surface area contributed by atoms with Gasteiger partial charge >= 0.3 is 0 Å². The van der Waals surface area contributed by atoms with Gasteiger partial charge in [-0.15, -0.1) is 0 Å². The summed E-state index contributed by atoms with van der Waals surface area (Å²) in [4.78, 5) is 16.2. The first-order valence-corrected chi connectivity index (χ1v) is 10.5. The summed E-state index contributed by atoms with van der Waals surface area (Å²) in [5.41, 5.74) is 3.10. The fraction of sp³-hybridized carbons (Fsp3) is 0.227. The molecule has 1 N–H and O–H groups in total. The quantitative estimate of drug-likeness (QED) is 0.498. The Morgan fingerprint density at radius 1 is 0.933 bits per heavy atom. The van der Waals surface area contributed by atoms with Crippen molar-refractivity contribution in [1.29, 1.82) is 0 Å². The van der Waals surface area contributed by atoms with E-state index in [1.165, 1.54) is 0 Å². The summed E-state index contributed by atoms with van der Waals surface area (Å²) in [6, 6.07) is 15.2. The molecule has 152 valence electrons. The molecule has 5 rings (SSSR count). The summed E-state index contributed by atoms with van der Waals surface area (Å²) in [5, 5.41) is 11.1. The van der Waals surface area contributed by atoms with E-state index in [9.17, 15) is 5.11 Å². The predicted octanol–water partition coefficient (Wildman–Crippen LogP) is 4.75. The number of aliphatic hydroxyl groups is 1. The molecule has 2 aromatic heterocycles. The second kappa shape index (κ2) is 7.87. The van der Waals surface area contributed by atoms with Gasteiger partial charge in [-0.3, -0.25) is 4.57 Å². The SMILES string of the molecule is OC1CCN(c2ncnc3c2nc(-c2ccccc2Cl)n3-c2ccc(Cl)cc2)CC1. The van der Waals surface area contributed by atoms with E-state index in [2.05, 4.69) is 14.9 Å². The summed E-state index contributed by atoms with van der Waals surface area (Å²) in [6.07, 6.45) is 2.72. The van der Waals surface area contributed by atoms with Crippen molar-refractivity contribution in [3.63, 3.8) is 0 Å². The second-order valence-electron chi connectivity index (χ2n) is 7.31. The maximum atomic E-state index is 9.88. The molecule has 0 amide bonds. The number of benzene rings is 2. The van der Waals surface area contributed by atoms with Crippen molar-refractivity contribution in [3.05, 3.63) is 64.9 Å². The Hall–Kier alpha value is -2.67.